The van der Waals surface area contributed by atoms with Crippen LogP contribution in [0.5, 0.6) is 0 Å². The first-order valence-electron chi connectivity index (χ1n) is 8.01. The predicted molar refractivity (Wildman–Crippen MR) is 95.9 cm³/mol. The molecule has 8 nitrogen and oxygen atoms in total. The predicted octanol–water partition coefficient (Wildman–Crippen LogP) is 0.529. The number of piperazine rings is 1. The molecular weight excluding hydrogens is 344 g/mol. The lowest BCUT2D eigenvalue weighted by molar-refractivity contribution is -0.121. The minimum atomic E-state index is -3.20. The van der Waals surface area contributed by atoms with Gasteiger partial charge in [-0.15, -0.1) is 0 Å². The average molecular weight is 368 g/mol. The molecule has 1 saturated heterocycles. The van der Waals surface area contributed by atoms with Gasteiger partial charge >= 0.3 is 6.03 Å². The number of nitrogens with one attached hydrogen (secondary N) is 2. The van der Waals surface area contributed by atoms with E-state index < -0.39 is 22.0 Å². The second kappa shape index (κ2) is 7.94. The summed E-state index contributed by atoms with van der Waals surface area (Å²) in [4.78, 5) is 25.8. The molecule has 1 aromatic rings. The molecule has 1 aliphatic rings. The number of benzene rings is 1. The van der Waals surface area contributed by atoms with Gasteiger partial charge in [0.25, 0.3) is 0 Å². The van der Waals surface area contributed by atoms with Crippen molar-refractivity contribution < 1.29 is 18.0 Å². The molecule has 25 heavy (non-hydrogen) atoms. The number of aryl methyl sites for hydroxylation is 1. The van der Waals surface area contributed by atoms with Crippen LogP contribution in [0.4, 0.5) is 10.5 Å². The van der Waals surface area contributed by atoms with Gasteiger partial charge in [0.05, 0.1) is 12.8 Å². The second-order valence-corrected chi connectivity index (χ2v) is 8.17. The van der Waals surface area contributed by atoms with Gasteiger partial charge in [-0.25, -0.2) is 13.2 Å². The van der Waals surface area contributed by atoms with Crippen molar-refractivity contribution in [1.29, 1.82) is 0 Å². The molecule has 0 saturated carbocycles. The van der Waals surface area contributed by atoms with Gasteiger partial charge in [0, 0.05) is 31.9 Å². The van der Waals surface area contributed by atoms with Crippen molar-refractivity contribution in [2.75, 3.05) is 44.3 Å². The molecule has 0 unspecified atom stereocenters. The monoisotopic (exact) mass is 368 g/mol. The maximum absolute atomic E-state index is 12.0. The van der Waals surface area contributed by atoms with Gasteiger partial charge < -0.3 is 5.32 Å². The molecule has 2 rings (SSSR count). The summed E-state index contributed by atoms with van der Waals surface area (Å²) in [5.41, 5.74) is 2.65. The molecule has 3 amide bonds. The number of amides is 3. The minimum absolute atomic E-state index is 0.0534. The SMILES string of the molecule is Cc1cccc(NC(=O)NC(=O)CN2CCN(S(C)(=O)=O)CC2)c1C. The molecule has 1 fully saturated rings. The lowest BCUT2D eigenvalue weighted by atomic mass is 10.1. The number of urea groups is 1. The molecule has 0 bridgehead atoms. The van der Waals surface area contributed by atoms with Gasteiger partial charge in [-0.1, -0.05) is 12.1 Å². The fourth-order valence-corrected chi connectivity index (χ4v) is 3.46. The van der Waals surface area contributed by atoms with Crippen molar-refractivity contribution in [3.63, 3.8) is 0 Å². The standard InChI is InChI=1S/C16H24N4O4S/c1-12-5-4-6-14(13(12)2)17-16(22)18-15(21)11-19-7-9-20(10-8-19)25(3,23)24/h4-6H,7-11H2,1-3H3,(H2,17,18,21,22). The van der Waals surface area contributed by atoms with Crippen LogP contribution < -0.4 is 10.6 Å². The highest BCUT2D eigenvalue weighted by Crippen LogP contribution is 2.17. The molecule has 1 aliphatic heterocycles. The molecule has 9 heteroatoms. The van der Waals surface area contributed by atoms with Gasteiger partial charge in [-0.3, -0.25) is 15.0 Å². The van der Waals surface area contributed by atoms with Crippen molar-refractivity contribution in [1.82, 2.24) is 14.5 Å². The van der Waals surface area contributed by atoms with Crippen molar-refractivity contribution in [2.45, 2.75) is 13.8 Å². The molecule has 0 aromatic heterocycles. The zero-order chi connectivity index (χ0) is 18.6. The van der Waals surface area contributed by atoms with Crippen LogP contribution in [0.3, 0.4) is 0 Å². The highest BCUT2D eigenvalue weighted by atomic mass is 32.2. The number of hydrogen-bond acceptors (Lipinski definition) is 5. The van der Waals surface area contributed by atoms with E-state index in [-0.39, 0.29) is 6.54 Å². The van der Waals surface area contributed by atoms with Crippen molar-refractivity contribution in [2.24, 2.45) is 0 Å². The largest absolute Gasteiger partial charge is 0.325 e. The Morgan fingerprint density at radius 2 is 1.76 bits per heavy atom. The number of hydrogen-bond donors (Lipinski definition) is 2. The summed E-state index contributed by atoms with van der Waals surface area (Å²) in [6.45, 7) is 5.51. The van der Waals surface area contributed by atoms with Crippen molar-refractivity contribution >= 4 is 27.6 Å². The molecule has 0 spiro atoms. The summed E-state index contributed by atoms with van der Waals surface area (Å²) in [6, 6.07) is 4.98. The quantitative estimate of drug-likeness (QED) is 0.808. The summed E-state index contributed by atoms with van der Waals surface area (Å²) >= 11 is 0. The number of anilines is 1. The highest BCUT2D eigenvalue weighted by molar-refractivity contribution is 7.88. The zero-order valence-electron chi connectivity index (χ0n) is 14.7. The summed E-state index contributed by atoms with van der Waals surface area (Å²) < 4.78 is 24.3. The van der Waals surface area contributed by atoms with E-state index in [1.807, 2.05) is 30.9 Å². The van der Waals surface area contributed by atoms with E-state index in [2.05, 4.69) is 10.6 Å². The van der Waals surface area contributed by atoms with Crippen LogP contribution in [-0.2, 0) is 14.8 Å². The van der Waals surface area contributed by atoms with E-state index in [1.165, 1.54) is 10.6 Å². The van der Waals surface area contributed by atoms with Crippen LogP contribution in [0, 0.1) is 13.8 Å². The number of carbonyl (C=O) groups is 2. The normalized spacial score (nSPS) is 16.4. The molecular formula is C16H24N4O4S. The first-order chi connectivity index (χ1) is 11.7. The van der Waals surface area contributed by atoms with Crippen LogP contribution in [-0.4, -0.2) is 68.5 Å². The number of nitrogens with zero attached hydrogens (tertiary/aromatic N) is 2. The summed E-state index contributed by atoms with van der Waals surface area (Å²) in [6.07, 6.45) is 1.17. The Balaban J connectivity index is 1.81. The van der Waals surface area contributed by atoms with E-state index in [4.69, 9.17) is 0 Å². The zero-order valence-corrected chi connectivity index (χ0v) is 15.5. The van der Waals surface area contributed by atoms with E-state index in [0.29, 0.717) is 31.9 Å². The Morgan fingerprint density at radius 3 is 2.36 bits per heavy atom. The van der Waals surface area contributed by atoms with E-state index in [9.17, 15) is 18.0 Å². The third-order valence-electron chi connectivity index (χ3n) is 4.27. The first kappa shape index (κ1) is 19.4. The average Bonchev–Trinajstić information content (AvgIpc) is 2.51. The number of sulfonamides is 1. The smallest absolute Gasteiger partial charge is 0.307 e. The van der Waals surface area contributed by atoms with Crippen LogP contribution in [0.15, 0.2) is 18.2 Å². The van der Waals surface area contributed by atoms with Gasteiger partial charge in [-0.2, -0.15) is 4.31 Å². The second-order valence-electron chi connectivity index (χ2n) is 6.19. The maximum atomic E-state index is 12.0. The Morgan fingerprint density at radius 1 is 1.12 bits per heavy atom. The molecule has 0 aliphatic carbocycles. The molecule has 1 aromatic carbocycles. The van der Waals surface area contributed by atoms with Gasteiger partial charge in [0.2, 0.25) is 15.9 Å². The van der Waals surface area contributed by atoms with Gasteiger partial charge in [0.15, 0.2) is 0 Å². The molecule has 0 atom stereocenters. The fraction of sp³-hybridized carbons (Fsp3) is 0.500. The highest BCUT2D eigenvalue weighted by Gasteiger charge is 2.24. The third-order valence-corrected chi connectivity index (χ3v) is 5.58. The maximum Gasteiger partial charge on any atom is 0.325 e. The molecule has 2 N–H and O–H groups in total. The molecule has 1 heterocycles. The Kier molecular flexibility index (Phi) is 6.15. The number of imide groups is 1. The summed E-state index contributed by atoms with van der Waals surface area (Å²) in [7, 11) is -3.20. The van der Waals surface area contributed by atoms with Gasteiger partial charge in [0.1, 0.15) is 0 Å². The Bertz CT molecular complexity index is 755. The Labute approximate surface area is 148 Å². The van der Waals surface area contributed by atoms with Crippen molar-refractivity contribution in [3.05, 3.63) is 29.3 Å². The summed E-state index contributed by atoms with van der Waals surface area (Å²) in [5.74, 6) is -0.421. The summed E-state index contributed by atoms with van der Waals surface area (Å²) in [5, 5.41) is 4.97. The number of rotatable bonds is 4. The fourth-order valence-electron chi connectivity index (χ4n) is 2.63. The third kappa shape index (κ3) is 5.52. The lowest BCUT2D eigenvalue weighted by Crippen LogP contribution is -2.51. The lowest BCUT2D eigenvalue weighted by Gasteiger charge is -2.32. The number of carbonyl (C=O) groups excluding carboxylic acids is 2. The van der Waals surface area contributed by atoms with Crippen LogP contribution in [0.2, 0.25) is 0 Å². The van der Waals surface area contributed by atoms with E-state index in [0.717, 1.165) is 11.1 Å². The molecule has 138 valence electrons. The van der Waals surface area contributed by atoms with Crippen LogP contribution in [0.1, 0.15) is 11.1 Å². The van der Waals surface area contributed by atoms with E-state index >= 15 is 0 Å². The minimum Gasteiger partial charge on any atom is -0.307 e. The van der Waals surface area contributed by atoms with Crippen LogP contribution in [0.25, 0.3) is 0 Å². The van der Waals surface area contributed by atoms with Gasteiger partial charge in [-0.05, 0) is 31.0 Å². The molecule has 0 radical (unpaired) electrons. The van der Waals surface area contributed by atoms with Crippen LogP contribution >= 0.6 is 0 Å². The topological polar surface area (TPSA) is 98.8 Å². The first-order valence-corrected chi connectivity index (χ1v) is 9.86. The Hall–Kier alpha value is -1.97. The van der Waals surface area contributed by atoms with E-state index in [1.54, 1.807) is 6.07 Å². The van der Waals surface area contributed by atoms with Crippen molar-refractivity contribution in [3.8, 4) is 0 Å².